The lowest BCUT2D eigenvalue weighted by Gasteiger charge is -2.17. The van der Waals surface area contributed by atoms with E-state index in [2.05, 4.69) is 4.72 Å². The number of nitrogens with zero attached hydrogens (tertiary/aromatic N) is 1. The maximum Gasteiger partial charge on any atom is 0.241 e. The Hall–Kier alpha value is -2.25. The number of hydrogen-bond donors (Lipinski definition) is 1. The molecule has 132 valence electrons. The van der Waals surface area contributed by atoms with Crippen molar-refractivity contribution >= 4 is 21.6 Å². The van der Waals surface area contributed by atoms with Crippen LogP contribution in [0.3, 0.4) is 0 Å². The summed E-state index contributed by atoms with van der Waals surface area (Å²) in [5.41, 5.74) is 1.37. The monoisotopic (exact) mass is 362 g/mol. The Morgan fingerprint density at radius 3 is 2.28 bits per heavy atom. The second-order valence-corrected chi connectivity index (χ2v) is 7.75. The predicted octanol–water partition coefficient (Wildman–Crippen LogP) is 2.99. The van der Waals surface area contributed by atoms with Crippen molar-refractivity contribution in [3.8, 4) is 0 Å². The quantitative estimate of drug-likeness (QED) is 0.889. The molecular weight excluding hydrogens is 343 g/mol. The first-order valence-corrected chi connectivity index (χ1v) is 9.53. The van der Waals surface area contributed by atoms with Crippen LogP contribution in [0.15, 0.2) is 53.4 Å². The zero-order chi connectivity index (χ0) is 18.0. The molecule has 0 aromatic heterocycles. The van der Waals surface area contributed by atoms with E-state index < -0.39 is 16.1 Å². The molecule has 1 atom stereocenters. The number of rotatable bonds is 5. The number of carbonyl (C=O) groups is 1. The van der Waals surface area contributed by atoms with E-state index in [0.717, 1.165) is 6.42 Å². The maximum absolute atomic E-state index is 13.0. The van der Waals surface area contributed by atoms with Gasteiger partial charge in [0.05, 0.1) is 4.90 Å². The molecule has 0 bridgehead atoms. The lowest BCUT2D eigenvalue weighted by molar-refractivity contribution is -0.117. The van der Waals surface area contributed by atoms with Gasteiger partial charge in [0.25, 0.3) is 0 Å². The van der Waals surface area contributed by atoms with E-state index in [1.165, 1.54) is 24.3 Å². The molecular formula is C18H19FN2O3S. The molecule has 1 saturated heterocycles. The van der Waals surface area contributed by atoms with Gasteiger partial charge in [-0.15, -0.1) is 0 Å². The van der Waals surface area contributed by atoms with Gasteiger partial charge in [0, 0.05) is 24.7 Å². The fourth-order valence-corrected chi connectivity index (χ4v) is 4.08. The van der Waals surface area contributed by atoms with Gasteiger partial charge in [0.15, 0.2) is 0 Å². The topological polar surface area (TPSA) is 66.5 Å². The summed E-state index contributed by atoms with van der Waals surface area (Å²) in [7, 11) is -3.72. The van der Waals surface area contributed by atoms with Gasteiger partial charge in [-0.25, -0.2) is 17.5 Å². The van der Waals surface area contributed by atoms with Gasteiger partial charge >= 0.3 is 0 Å². The summed E-state index contributed by atoms with van der Waals surface area (Å²) in [6.07, 6.45) is 1.34. The molecule has 1 aliphatic heterocycles. The van der Waals surface area contributed by atoms with Crippen LogP contribution in [0.4, 0.5) is 10.1 Å². The second-order valence-electron chi connectivity index (χ2n) is 6.04. The number of hydrogen-bond acceptors (Lipinski definition) is 3. The number of nitrogens with one attached hydrogen (secondary N) is 1. The number of sulfonamides is 1. The summed E-state index contributed by atoms with van der Waals surface area (Å²) in [4.78, 5) is 13.5. The molecule has 1 heterocycles. The number of carbonyl (C=O) groups excluding carboxylic acids is 1. The third-order valence-corrected chi connectivity index (χ3v) is 5.79. The van der Waals surface area contributed by atoms with Crippen LogP contribution in [0.25, 0.3) is 0 Å². The van der Waals surface area contributed by atoms with Crippen LogP contribution >= 0.6 is 0 Å². The van der Waals surface area contributed by atoms with Gasteiger partial charge in [-0.05, 0) is 55.3 Å². The molecule has 25 heavy (non-hydrogen) atoms. The lowest BCUT2D eigenvalue weighted by Crippen LogP contribution is -2.27. The van der Waals surface area contributed by atoms with Crippen molar-refractivity contribution in [2.24, 2.45) is 0 Å². The predicted molar refractivity (Wildman–Crippen MR) is 93.2 cm³/mol. The summed E-state index contributed by atoms with van der Waals surface area (Å²) in [5.74, 6) is -0.315. The minimum atomic E-state index is -3.72. The Bertz CT molecular complexity index is 864. The van der Waals surface area contributed by atoms with E-state index in [1.807, 2.05) is 0 Å². The first-order chi connectivity index (χ1) is 11.9. The van der Waals surface area contributed by atoms with Crippen molar-refractivity contribution in [3.63, 3.8) is 0 Å². The van der Waals surface area contributed by atoms with Crippen LogP contribution in [-0.4, -0.2) is 20.9 Å². The highest BCUT2D eigenvalue weighted by atomic mass is 32.2. The molecule has 1 amide bonds. The van der Waals surface area contributed by atoms with Gasteiger partial charge < -0.3 is 4.90 Å². The minimum Gasteiger partial charge on any atom is -0.312 e. The molecule has 0 aliphatic carbocycles. The van der Waals surface area contributed by atoms with Crippen molar-refractivity contribution in [1.82, 2.24) is 4.72 Å². The summed E-state index contributed by atoms with van der Waals surface area (Å²) in [6, 6.07) is 11.4. The average Bonchev–Trinajstić information content (AvgIpc) is 3.01. The van der Waals surface area contributed by atoms with Gasteiger partial charge in [0.1, 0.15) is 5.82 Å². The number of amides is 1. The molecule has 0 radical (unpaired) electrons. The van der Waals surface area contributed by atoms with Gasteiger partial charge in [-0.3, -0.25) is 4.79 Å². The highest BCUT2D eigenvalue weighted by Gasteiger charge is 2.23. The van der Waals surface area contributed by atoms with Crippen molar-refractivity contribution in [1.29, 1.82) is 0 Å². The van der Waals surface area contributed by atoms with Crippen molar-refractivity contribution in [2.45, 2.75) is 30.7 Å². The molecule has 1 aliphatic rings. The fraction of sp³-hybridized carbons (Fsp3) is 0.278. The Morgan fingerprint density at radius 1 is 1.08 bits per heavy atom. The normalized spacial score (nSPS) is 16.2. The largest absolute Gasteiger partial charge is 0.312 e. The van der Waals surface area contributed by atoms with Crippen molar-refractivity contribution < 1.29 is 17.6 Å². The van der Waals surface area contributed by atoms with Crippen LogP contribution in [0.5, 0.6) is 0 Å². The summed E-state index contributed by atoms with van der Waals surface area (Å²) < 4.78 is 40.6. The summed E-state index contributed by atoms with van der Waals surface area (Å²) in [6.45, 7) is 2.35. The molecule has 2 aromatic rings. The molecule has 1 N–H and O–H groups in total. The summed E-state index contributed by atoms with van der Waals surface area (Å²) in [5, 5.41) is 0. The van der Waals surface area contributed by atoms with Crippen LogP contribution in [0.2, 0.25) is 0 Å². The summed E-state index contributed by atoms with van der Waals surface area (Å²) >= 11 is 0. The van der Waals surface area contributed by atoms with Gasteiger partial charge in [-0.1, -0.05) is 12.1 Å². The van der Waals surface area contributed by atoms with Crippen LogP contribution < -0.4 is 9.62 Å². The van der Waals surface area contributed by atoms with Crippen molar-refractivity contribution in [2.75, 3.05) is 11.4 Å². The molecule has 0 unspecified atom stereocenters. The highest BCUT2D eigenvalue weighted by Crippen LogP contribution is 2.24. The lowest BCUT2D eigenvalue weighted by atomic mass is 10.1. The fourth-order valence-electron chi connectivity index (χ4n) is 2.85. The van der Waals surface area contributed by atoms with E-state index in [4.69, 9.17) is 0 Å². The van der Waals surface area contributed by atoms with E-state index in [-0.39, 0.29) is 16.6 Å². The van der Waals surface area contributed by atoms with E-state index in [0.29, 0.717) is 24.2 Å². The Morgan fingerprint density at radius 2 is 1.72 bits per heavy atom. The first-order valence-electron chi connectivity index (χ1n) is 8.05. The standard InChI is InChI=1S/C18H19FN2O3S/c1-13(14-4-6-15(19)7-5-14)20-25(23,24)17-10-8-16(9-11-17)21-12-2-3-18(21)22/h4-11,13,20H,2-3,12H2,1H3/t13-/m1/s1. The van der Waals surface area contributed by atoms with E-state index in [9.17, 15) is 17.6 Å². The maximum atomic E-state index is 13.0. The van der Waals surface area contributed by atoms with Crippen LogP contribution in [0.1, 0.15) is 31.4 Å². The van der Waals surface area contributed by atoms with Crippen molar-refractivity contribution in [3.05, 3.63) is 59.9 Å². The smallest absolute Gasteiger partial charge is 0.241 e. The molecule has 0 saturated carbocycles. The third kappa shape index (κ3) is 3.88. The second kappa shape index (κ2) is 6.93. The van der Waals surface area contributed by atoms with Gasteiger partial charge in [-0.2, -0.15) is 0 Å². The molecule has 0 spiro atoms. The van der Waals surface area contributed by atoms with E-state index in [1.54, 1.807) is 36.1 Å². The van der Waals surface area contributed by atoms with Gasteiger partial charge in [0.2, 0.25) is 15.9 Å². The number of benzene rings is 2. The third-order valence-electron chi connectivity index (χ3n) is 4.23. The zero-order valence-corrected chi connectivity index (χ0v) is 14.6. The SMILES string of the molecule is C[C@@H](NS(=O)(=O)c1ccc(N2CCCC2=O)cc1)c1ccc(F)cc1. The van der Waals surface area contributed by atoms with Crippen LogP contribution in [0, 0.1) is 5.82 Å². The average molecular weight is 362 g/mol. The molecule has 3 rings (SSSR count). The number of anilines is 1. The molecule has 1 fully saturated rings. The zero-order valence-electron chi connectivity index (χ0n) is 13.8. The first kappa shape index (κ1) is 17.6. The molecule has 2 aromatic carbocycles. The molecule has 7 heteroatoms. The Labute approximate surface area is 146 Å². The van der Waals surface area contributed by atoms with E-state index >= 15 is 0 Å². The Kier molecular flexibility index (Phi) is 4.87. The highest BCUT2D eigenvalue weighted by molar-refractivity contribution is 7.89. The van der Waals surface area contributed by atoms with Crippen LogP contribution in [-0.2, 0) is 14.8 Å². The minimum absolute atomic E-state index is 0.0543. The molecule has 5 nitrogen and oxygen atoms in total. The Balaban J connectivity index is 1.75. The number of halogens is 1.